The Kier molecular flexibility index (Phi) is 3.97. The first-order valence-electron chi connectivity index (χ1n) is 6.11. The van der Waals surface area contributed by atoms with Crippen LogP contribution in [0.2, 0.25) is 0 Å². The lowest BCUT2D eigenvalue weighted by Crippen LogP contribution is -2.36. The molecule has 1 heterocycles. The van der Waals surface area contributed by atoms with Gasteiger partial charge >= 0.3 is 0 Å². The second kappa shape index (κ2) is 5.46. The Morgan fingerprint density at radius 2 is 2.25 bits per heavy atom. The van der Waals surface area contributed by atoms with Gasteiger partial charge in [-0.3, -0.25) is 0 Å². The first kappa shape index (κ1) is 11.6. The molecule has 1 aromatic rings. The van der Waals surface area contributed by atoms with Crippen LogP contribution < -0.4 is 5.32 Å². The molecule has 0 aromatic heterocycles. The van der Waals surface area contributed by atoms with Gasteiger partial charge in [0.25, 0.3) is 0 Å². The molecule has 0 radical (unpaired) electrons. The van der Waals surface area contributed by atoms with Crippen LogP contribution in [0.5, 0.6) is 0 Å². The fraction of sp³-hybridized carbons (Fsp3) is 0.571. The number of benzene rings is 1. The number of rotatable bonds is 4. The molecule has 1 N–H and O–H groups in total. The van der Waals surface area contributed by atoms with Gasteiger partial charge in [-0.25, -0.2) is 0 Å². The monoisotopic (exact) mass is 219 g/mol. The molecule has 1 aliphatic heterocycles. The second-order valence-corrected chi connectivity index (χ2v) is 4.65. The topological polar surface area (TPSA) is 21.3 Å². The van der Waals surface area contributed by atoms with E-state index in [-0.39, 0.29) is 0 Å². The summed E-state index contributed by atoms with van der Waals surface area (Å²) in [5.74, 6) is 0.671. The lowest BCUT2D eigenvalue weighted by molar-refractivity contribution is 0.177. The van der Waals surface area contributed by atoms with Gasteiger partial charge in [0.05, 0.1) is 6.61 Å². The van der Waals surface area contributed by atoms with E-state index in [2.05, 4.69) is 43.6 Å². The first-order chi connectivity index (χ1) is 7.81. The van der Waals surface area contributed by atoms with Crippen molar-refractivity contribution in [2.45, 2.75) is 25.8 Å². The SMILES string of the molecule is CNC(Cc1ccccc1C)C1CCOC1. The Morgan fingerprint density at radius 3 is 2.88 bits per heavy atom. The molecule has 1 aromatic carbocycles. The third kappa shape index (κ3) is 2.63. The van der Waals surface area contributed by atoms with E-state index in [9.17, 15) is 0 Å². The minimum Gasteiger partial charge on any atom is -0.381 e. The van der Waals surface area contributed by atoms with Crippen molar-refractivity contribution in [1.82, 2.24) is 5.32 Å². The van der Waals surface area contributed by atoms with Gasteiger partial charge in [0.1, 0.15) is 0 Å². The zero-order valence-electron chi connectivity index (χ0n) is 10.2. The molecule has 0 aliphatic carbocycles. The van der Waals surface area contributed by atoms with E-state index in [1.165, 1.54) is 17.5 Å². The zero-order valence-corrected chi connectivity index (χ0v) is 10.2. The van der Waals surface area contributed by atoms with Crippen LogP contribution in [0.3, 0.4) is 0 Å². The lowest BCUT2D eigenvalue weighted by atomic mass is 9.91. The number of likely N-dealkylation sites (N-methyl/N-ethyl adjacent to an activating group) is 1. The average molecular weight is 219 g/mol. The van der Waals surface area contributed by atoms with Crippen molar-refractivity contribution in [2.75, 3.05) is 20.3 Å². The maximum absolute atomic E-state index is 5.47. The molecule has 16 heavy (non-hydrogen) atoms. The summed E-state index contributed by atoms with van der Waals surface area (Å²) in [6, 6.07) is 9.19. The van der Waals surface area contributed by atoms with Gasteiger partial charge in [0.15, 0.2) is 0 Å². The van der Waals surface area contributed by atoms with E-state index < -0.39 is 0 Å². The van der Waals surface area contributed by atoms with Crippen molar-refractivity contribution < 1.29 is 4.74 Å². The van der Waals surface area contributed by atoms with E-state index in [1.807, 2.05) is 0 Å². The molecule has 1 fully saturated rings. The molecule has 2 unspecified atom stereocenters. The van der Waals surface area contributed by atoms with E-state index >= 15 is 0 Å². The highest BCUT2D eigenvalue weighted by molar-refractivity contribution is 5.26. The highest BCUT2D eigenvalue weighted by Gasteiger charge is 2.24. The Labute approximate surface area is 98.0 Å². The molecule has 2 rings (SSSR count). The van der Waals surface area contributed by atoms with Crippen LogP contribution in [0, 0.1) is 12.8 Å². The molecule has 2 heteroatoms. The molecular weight excluding hydrogens is 198 g/mol. The fourth-order valence-electron chi connectivity index (χ4n) is 2.45. The highest BCUT2D eigenvalue weighted by atomic mass is 16.5. The van der Waals surface area contributed by atoms with Gasteiger partial charge < -0.3 is 10.1 Å². The van der Waals surface area contributed by atoms with Crippen LogP contribution >= 0.6 is 0 Å². The minimum absolute atomic E-state index is 0.545. The maximum atomic E-state index is 5.47. The molecule has 0 spiro atoms. The summed E-state index contributed by atoms with van der Waals surface area (Å²) in [5.41, 5.74) is 2.84. The standard InChI is InChI=1S/C14H21NO/c1-11-5-3-4-6-12(11)9-14(15-2)13-7-8-16-10-13/h3-6,13-15H,7-10H2,1-2H3. The molecule has 0 amide bonds. The lowest BCUT2D eigenvalue weighted by Gasteiger charge is -2.22. The molecular formula is C14H21NO. The molecule has 88 valence electrons. The summed E-state index contributed by atoms with van der Waals surface area (Å²) >= 11 is 0. The number of nitrogens with one attached hydrogen (secondary N) is 1. The van der Waals surface area contributed by atoms with Crippen LogP contribution in [-0.2, 0) is 11.2 Å². The molecule has 0 bridgehead atoms. The Bertz CT molecular complexity index is 331. The number of aryl methyl sites for hydroxylation is 1. The third-order valence-corrected chi connectivity index (χ3v) is 3.61. The Hall–Kier alpha value is -0.860. The van der Waals surface area contributed by atoms with Crippen molar-refractivity contribution in [2.24, 2.45) is 5.92 Å². The van der Waals surface area contributed by atoms with Crippen LogP contribution in [0.25, 0.3) is 0 Å². The van der Waals surface area contributed by atoms with Crippen LogP contribution in [0.1, 0.15) is 17.5 Å². The fourth-order valence-corrected chi connectivity index (χ4v) is 2.45. The van der Waals surface area contributed by atoms with E-state index in [4.69, 9.17) is 4.74 Å². The van der Waals surface area contributed by atoms with E-state index in [1.54, 1.807) is 0 Å². The van der Waals surface area contributed by atoms with E-state index in [0.29, 0.717) is 12.0 Å². The van der Waals surface area contributed by atoms with Gasteiger partial charge in [0.2, 0.25) is 0 Å². The normalized spacial score (nSPS) is 22.2. The summed E-state index contributed by atoms with van der Waals surface area (Å²) in [5, 5.41) is 3.44. The Balaban J connectivity index is 2.03. The van der Waals surface area contributed by atoms with Crippen molar-refractivity contribution in [1.29, 1.82) is 0 Å². The summed E-state index contributed by atoms with van der Waals surface area (Å²) in [6.07, 6.45) is 2.30. The van der Waals surface area contributed by atoms with E-state index in [0.717, 1.165) is 19.6 Å². The van der Waals surface area contributed by atoms with Crippen LogP contribution in [0.4, 0.5) is 0 Å². The predicted octanol–water partition coefficient (Wildman–Crippen LogP) is 2.16. The maximum Gasteiger partial charge on any atom is 0.0510 e. The van der Waals surface area contributed by atoms with Crippen molar-refractivity contribution in [3.63, 3.8) is 0 Å². The summed E-state index contributed by atoms with van der Waals surface area (Å²) in [7, 11) is 2.06. The van der Waals surface area contributed by atoms with Crippen molar-refractivity contribution in [3.05, 3.63) is 35.4 Å². The Morgan fingerprint density at radius 1 is 1.44 bits per heavy atom. The third-order valence-electron chi connectivity index (χ3n) is 3.61. The number of ether oxygens (including phenoxy) is 1. The number of hydrogen-bond donors (Lipinski definition) is 1. The molecule has 2 nitrogen and oxygen atoms in total. The predicted molar refractivity (Wildman–Crippen MR) is 66.7 cm³/mol. The summed E-state index contributed by atoms with van der Waals surface area (Å²) in [6.45, 7) is 4.03. The minimum atomic E-state index is 0.545. The largest absolute Gasteiger partial charge is 0.381 e. The van der Waals surface area contributed by atoms with Gasteiger partial charge in [-0.2, -0.15) is 0 Å². The zero-order chi connectivity index (χ0) is 11.4. The number of hydrogen-bond acceptors (Lipinski definition) is 2. The van der Waals surface area contributed by atoms with Gasteiger partial charge in [0, 0.05) is 18.6 Å². The van der Waals surface area contributed by atoms with Crippen molar-refractivity contribution in [3.8, 4) is 0 Å². The smallest absolute Gasteiger partial charge is 0.0510 e. The summed E-state index contributed by atoms with van der Waals surface area (Å²) in [4.78, 5) is 0. The summed E-state index contributed by atoms with van der Waals surface area (Å²) < 4.78 is 5.47. The van der Waals surface area contributed by atoms with Gasteiger partial charge in [-0.05, 0) is 37.9 Å². The molecule has 1 aliphatic rings. The van der Waals surface area contributed by atoms with Gasteiger partial charge in [-0.1, -0.05) is 24.3 Å². The molecule has 1 saturated heterocycles. The van der Waals surface area contributed by atoms with Crippen LogP contribution in [-0.4, -0.2) is 26.3 Å². The average Bonchev–Trinajstić information content (AvgIpc) is 2.81. The quantitative estimate of drug-likeness (QED) is 0.838. The highest BCUT2D eigenvalue weighted by Crippen LogP contribution is 2.20. The van der Waals surface area contributed by atoms with Crippen LogP contribution in [0.15, 0.2) is 24.3 Å². The van der Waals surface area contributed by atoms with Gasteiger partial charge in [-0.15, -0.1) is 0 Å². The van der Waals surface area contributed by atoms with Crippen molar-refractivity contribution >= 4 is 0 Å². The molecule has 2 atom stereocenters. The second-order valence-electron chi connectivity index (χ2n) is 4.65. The first-order valence-corrected chi connectivity index (χ1v) is 6.11. The molecule has 0 saturated carbocycles.